The van der Waals surface area contributed by atoms with Crippen molar-refractivity contribution in [1.82, 2.24) is 20.4 Å². The molecule has 0 aliphatic carbocycles. The lowest BCUT2D eigenvalue weighted by Crippen LogP contribution is -2.38. The molecule has 0 aliphatic rings. The number of hydrogen-bond donors (Lipinski definition) is 1. The van der Waals surface area contributed by atoms with Crippen molar-refractivity contribution in [3.63, 3.8) is 0 Å². The molecule has 8 nitrogen and oxygen atoms in total. The summed E-state index contributed by atoms with van der Waals surface area (Å²) in [4.78, 5) is 11.0. The zero-order valence-electron chi connectivity index (χ0n) is 17.2. The third-order valence-electron chi connectivity index (χ3n) is 4.19. The van der Waals surface area contributed by atoms with E-state index in [1.165, 1.54) is 0 Å². The molecule has 2 aromatic heterocycles. The maximum atomic E-state index is 5.90. The minimum atomic E-state index is -0.199. The molecule has 3 rings (SSSR count). The molecule has 3 aromatic rings. The fourth-order valence-corrected chi connectivity index (χ4v) is 2.86. The van der Waals surface area contributed by atoms with E-state index in [0.29, 0.717) is 31.4 Å². The van der Waals surface area contributed by atoms with Crippen molar-refractivity contribution in [2.75, 3.05) is 20.2 Å². The molecule has 158 valence electrons. The number of rotatable bonds is 8. The predicted octanol–water partition coefficient (Wildman–Crippen LogP) is 4.13. The normalized spacial score (nSPS) is 12.6. The number of aromatic nitrogens is 2. The quantitative estimate of drug-likeness (QED) is 0.275. The van der Waals surface area contributed by atoms with Crippen molar-refractivity contribution in [3.8, 4) is 0 Å². The summed E-state index contributed by atoms with van der Waals surface area (Å²) in [6, 6.07) is 10.0. The number of halogens is 1. The smallest absolute Gasteiger partial charge is 0.248 e. The van der Waals surface area contributed by atoms with Crippen LogP contribution < -0.4 is 5.32 Å². The number of benzene rings is 1. The monoisotopic (exact) mass is 513 g/mol. The van der Waals surface area contributed by atoms with Crippen LogP contribution in [0.4, 0.5) is 0 Å². The van der Waals surface area contributed by atoms with Gasteiger partial charge >= 0.3 is 0 Å². The van der Waals surface area contributed by atoms with Gasteiger partial charge in [-0.05, 0) is 32.9 Å². The van der Waals surface area contributed by atoms with E-state index in [1.54, 1.807) is 0 Å². The molecule has 1 aromatic carbocycles. The van der Waals surface area contributed by atoms with Gasteiger partial charge in [0.1, 0.15) is 24.0 Å². The molecular formula is C20H28IN5O3. The minimum absolute atomic E-state index is 0. The number of ether oxygens (including phenoxy) is 1. The van der Waals surface area contributed by atoms with Crippen molar-refractivity contribution in [1.29, 1.82) is 0 Å². The van der Waals surface area contributed by atoms with Crippen LogP contribution in [0.3, 0.4) is 0 Å². The van der Waals surface area contributed by atoms with Gasteiger partial charge in [-0.25, -0.2) is 4.99 Å². The van der Waals surface area contributed by atoms with Crippen LogP contribution >= 0.6 is 24.0 Å². The molecule has 0 amide bonds. The van der Waals surface area contributed by atoms with Crippen LogP contribution in [0.25, 0.3) is 11.0 Å². The van der Waals surface area contributed by atoms with Gasteiger partial charge in [0.2, 0.25) is 5.89 Å². The average Bonchev–Trinajstić information content (AvgIpc) is 3.31. The average molecular weight is 513 g/mol. The Morgan fingerprint density at radius 2 is 2.10 bits per heavy atom. The van der Waals surface area contributed by atoms with Crippen LogP contribution in [-0.2, 0) is 17.8 Å². The largest absolute Gasteiger partial charge is 0.459 e. The van der Waals surface area contributed by atoms with Gasteiger partial charge in [-0.2, -0.15) is 4.98 Å². The third kappa shape index (κ3) is 6.17. The van der Waals surface area contributed by atoms with E-state index in [4.69, 9.17) is 13.7 Å². The van der Waals surface area contributed by atoms with Gasteiger partial charge in [0.15, 0.2) is 11.8 Å². The van der Waals surface area contributed by atoms with E-state index in [0.717, 1.165) is 29.2 Å². The van der Waals surface area contributed by atoms with Crippen LogP contribution in [0.15, 0.2) is 44.3 Å². The Morgan fingerprint density at radius 1 is 1.31 bits per heavy atom. The lowest BCUT2D eigenvalue weighted by molar-refractivity contribution is 0.0683. The van der Waals surface area contributed by atoms with Gasteiger partial charge < -0.3 is 23.9 Å². The first-order valence-electron chi connectivity index (χ1n) is 9.51. The first-order valence-corrected chi connectivity index (χ1v) is 9.51. The Labute approximate surface area is 187 Å². The molecular weight excluding hydrogens is 485 g/mol. The number of hydrogen-bond acceptors (Lipinski definition) is 6. The fraction of sp³-hybridized carbons (Fsp3) is 0.450. The van der Waals surface area contributed by atoms with Gasteiger partial charge in [-0.1, -0.05) is 23.4 Å². The van der Waals surface area contributed by atoms with Crippen LogP contribution in [0.1, 0.15) is 44.4 Å². The molecule has 1 unspecified atom stereocenters. The Kier molecular flexibility index (Phi) is 8.90. The Morgan fingerprint density at radius 3 is 2.83 bits per heavy atom. The maximum Gasteiger partial charge on any atom is 0.248 e. The lowest BCUT2D eigenvalue weighted by Gasteiger charge is -2.20. The molecule has 0 aliphatic heterocycles. The highest BCUT2D eigenvalue weighted by Gasteiger charge is 2.15. The lowest BCUT2D eigenvalue weighted by atomic mass is 10.2. The molecule has 0 saturated carbocycles. The van der Waals surface area contributed by atoms with E-state index >= 15 is 0 Å². The van der Waals surface area contributed by atoms with E-state index in [9.17, 15) is 0 Å². The maximum absolute atomic E-state index is 5.90. The summed E-state index contributed by atoms with van der Waals surface area (Å²) in [6.07, 6.45) is -0.199. The number of nitrogens with zero attached hydrogens (tertiary/aromatic N) is 4. The Balaban J connectivity index is 0.00000300. The molecule has 1 N–H and O–H groups in total. The van der Waals surface area contributed by atoms with Crippen LogP contribution in [-0.4, -0.2) is 41.2 Å². The van der Waals surface area contributed by atoms with Crippen molar-refractivity contribution < 1.29 is 13.7 Å². The highest BCUT2D eigenvalue weighted by Crippen LogP contribution is 2.20. The molecule has 0 bridgehead atoms. The van der Waals surface area contributed by atoms with E-state index < -0.39 is 0 Å². The van der Waals surface area contributed by atoms with Gasteiger partial charge in [-0.3, -0.25) is 0 Å². The molecule has 0 saturated heterocycles. The highest BCUT2D eigenvalue weighted by atomic mass is 127. The number of guanidine groups is 1. The topological polar surface area (TPSA) is 88.9 Å². The number of nitrogens with one attached hydrogen (secondary N) is 1. The SMILES string of the molecule is CCNC(=NCc1nc(C(C)OCC)no1)N(C)Cc1cc2ccccc2o1.I. The summed E-state index contributed by atoms with van der Waals surface area (Å²) in [5.41, 5.74) is 0.884. The molecule has 0 fully saturated rings. The van der Waals surface area contributed by atoms with E-state index in [1.807, 2.05) is 57.0 Å². The standard InChI is InChI=1S/C20H27N5O3.HI/c1-5-21-20(22-12-18-23-19(24-28-18)14(3)26-6-2)25(4)13-16-11-15-9-7-8-10-17(15)27-16;/h7-11,14H,5-6,12-13H2,1-4H3,(H,21,22);1H. The zero-order valence-corrected chi connectivity index (χ0v) is 19.5. The van der Waals surface area contributed by atoms with Gasteiger partial charge in [0.25, 0.3) is 0 Å². The van der Waals surface area contributed by atoms with E-state index in [2.05, 4.69) is 26.5 Å². The second-order valence-corrected chi connectivity index (χ2v) is 6.42. The third-order valence-corrected chi connectivity index (χ3v) is 4.19. The van der Waals surface area contributed by atoms with Gasteiger partial charge in [0.05, 0.1) is 6.54 Å². The molecule has 0 spiro atoms. The summed E-state index contributed by atoms with van der Waals surface area (Å²) in [6.45, 7) is 8.09. The predicted molar refractivity (Wildman–Crippen MR) is 122 cm³/mol. The van der Waals surface area contributed by atoms with Crippen LogP contribution in [0, 0.1) is 0 Å². The van der Waals surface area contributed by atoms with Crippen molar-refractivity contribution in [2.24, 2.45) is 4.99 Å². The van der Waals surface area contributed by atoms with E-state index in [-0.39, 0.29) is 30.1 Å². The summed E-state index contributed by atoms with van der Waals surface area (Å²) in [5.74, 6) is 2.60. The molecule has 9 heteroatoms. The number of fused-ring (bicyclic) bond motifs is 1. The summed E-state index contributed by atoms with van der Waals surface area (Å²) in [7, 11) is 1.96. The van der Waals surface area contributed by atoms with Gasteiger partial charge in [-0.15, -0.1) is 24.0 Å². The summed E-state index contributed by atoms with van der Waals surface area (Å²) in [5, 5.41) is 8.33. The fourth-order valence-electron chi connectivity index (χ4n) is 2.86. The number of para-hydroxylation sites is 1. The Bertz CT molecular complexity index is 891. The van der Waals surface area contributed by atoms with Crippen LogP contribution in [0.5, 0.6) is 0 Å². The second kappa shape index (κ2) is 11.1. The summed E-state index contributed by atoms with van der Waals surface area (Å²) >= 11 is 0. The zero-order chi connectivity index (χ0) is 19.9. The first kappa shape index (κ1) is 23.1. The van der Waals surface area contributed by atoms with Crippen molar-refractivity contribution >= 4 is 40.9 Å². The number of furan rings is 1. The molecule has 1 atom stereocenters. The highest BCUT2D eigenvalue weighted by molar-refractivity contribution is 14.0. The Hall–Kier alpha value is -2.14. The van der Waals surface area contributed by atoms with Crippen LogP contribution in [0.2, 0.25) is 0 Å². The molecule has 0 radical (unpaired) electrons. The second-order valence-electron chi connectivity index (χ2n) is 6.42. The molecule has 29 heavy (non-hydrogen) atoms. The number of aliphatic imine (C=N–C) groups is 1. The van der Waals surface area contributed by atoms with Crippen molar-refractivity contribution in [3.05, 3.63) is 47.8 Å². The van der Waals surface area contributed by atoms with Crippen molar-refractivity contribution in [2.45, 2.75) is 40.0 Å². The minimum Gasteiger partial charge on any atom is -0.459 e. The molecule has 2 heterocycles. The van der Waals surface area contributed by atoms with Gasteiger partial charge in [0, 0.05) is 25.6 Å². The first-order chi connectivity index (χ1) is 13.6. The summed E-state index contributed by atoms with van der Waals surface area (Å²) < 4.78 is 16.7.